The average Bonchev–Trinajstić information content (AvgIpc) is 2.99. The zero-order chi connectivity index (χ0) is 14.0. The summed E-state index contributed by atoms with van der Waals surface area (Å²) < 4.78 is 14.1. The van der Waals surface area contributed by atoms with Crippen molar-refractivity contribution in [3.05, 3.63) is 35.6 Å². The van der Waals surface area contributed by atoms with Gasteiger partial charge in [-0.25, -0.2) is 4.39 Å². The number of hydrogen-bond donors (Lipinski definition) is 1. The third-order valence-electron chi connectivity index (χ3n) is 5.27. The molecule has 1 saturated heterocycles. The van der Waals surface area contributed by atoms with Gasteiger partial charge in [0.2, 0.25) is 0 Å². The van der Waals surface area contributed by atoms with Crippen LogP contribution in [0.1, 0.15) is 56.6 Å². The quantitative estimate of drug-likeness (QED) is 0.913. The Kier molecular flexibility index (Phi) is 4.08. The molecular weight excluding hydrogens is 251 g/mol. The molecule has 1 aliphatic heterocycles. The lowest BCUT2D eigenvalue weighted by Gasteiger charge is -2.47. The maximum atomic E-state index is 14.1. The van der Waals surface area contributed by atoms with Gasteiger partial charge in [-0.15, -0.1) is 0 Å². The summed E-state index contributed by atoms with van der Waals surface area (Å²) in [5, 5.41) is 0. The van der Waals surface area contributed by atoms with E-state index in [-0.39, 0.29) is 17.4 Å². The van der Waals surface area contributed by atoms with Crippen molar-refractivity contribution in [1.82, 2.24) is 4.90 Å². The fourth-order valence-electron chi connectivity index (χ4n) is 4.17. The second-order valence-electron chi connectivity index (χ2n) is 6.36. The van der Waals surface area contributed by atoms with Gasteiger partial charge in [0.25, 0.3) is 0 Å². The van der Waals surface area contributed by atoms with E-state index in [4.69, 9.17) is 5.73 Å². The Hall–Kier alpha value is -0.930. The molecule has 1 aromatic rings. The molecule has 3 rings (SSSR count). The highest BCUT2D eigenvalue weighted by Crippen LogP contribution is 2.44. The predicted octanol–water partition coefficient (Wildman–Crippen LogP) is 3.62. The lowest BCUT2D eigenvalue weighted by molar-refractivity contribution is 0.0468. The van der Waals surface area contributed by atoms with Crippen molar-refractivity contribution in [1.29, 1.82) is 0 Å². The SMILES string of the molecule is NC(c1ccccc1F)C1(N2CCCCC2)CCCC1. The molecule has 1 aromatic carbocycles. The Bertz CT molecular complexity index is 448. The van der Waals surface area contributed by atoms with Crippen LogP contribution in [0, 0.1) is 5.82 Å². The molecule has 1 atom stereocenters. The Labute approximate surface area is 121 Å². The van der Waals surface area contributed by atoms with E-state index in [1.54, 1.807) is 6.07 Å². The molecule has 2 nitrogen and oxygen atoms in total. The third-order valence-corrected chi connectivity index (χ3v) is 5.27. The van der Waals surface area contributed by atoms with Gasteiger partial charge in [-0.3, -0.25) is 4.90 Å². The first-order valence-electron chi connectivity index (χ1n) is 7.99. The van der Waals surface area contributed by atoms with Crippen LogP contribution in [0.15, 0.2) is 24.3 Å². The van der Waals surface area contributed by atoms with Gasteiger partial charge in [0, 0.05) is 11.1 Å². The van der Waals surface area contributed by atoms with Gasteiger partial charge in [-0.05, 0) is 44.8 Å². The number of rotatable bonds is 3. The highest BCUT2D eigenvalue weighted by atomic mass is 19.1. The van der Waals surface area contributed by atoms with Gasteiger partial charge in [-0.1, -0.05) is 37.5 Å². The van der Waals surface area contributed by atoms with Gasteiger partial charge in [0.1, 0.15) is 5.82 Å². The first-order valence-corrected chi connectivity index (χ1v) is 7.99. The molecule has 1 heterocycles. The second kappa shape index (κ2) is 5.82. The zero-order valence-corrected chi connectivity index (χ0v) is 12.2. The van der Waals surface area contributed by atoms with Crippen LogP contribution in [-0.4, -0.2) is 23.5 Å². The molecule has 2 aliphatic rings. The highest BCUT2D eigenvalue weighted by Gasteiger charge is 2.45. The Morgan fingerprint density at radius 2 is 1.65 bits per heavy atom. The molecule has 0 bridgehead atoms. The Morgan fingerprint density at radius 1 is 1.00 bits per heavy atom. The van der Waals surface area contributed by atoms with Crippen LogP contribution in [0.25, 0.3) is 0 Å². The van der Waals surface area contributed by atoms with Crippen LogP contribution < -0.4 is 5.73 Å². The van der Waals surface area contributed by atoms with E-state index >= 15 is 0 Å². The van der Waals surface area contributed by atoms with Crippen LogP contribution in [0.4, 0.5) is 4.39 Å². The summed E-state index contributed by atoms with van der Waals surface area (Å²) in [6.07, 6.45) is 8.50. The monoisotopic (exact) mass is 276 g/mol. The summed E-state index contributed by atoms with van der Waals surface area (Å²) in [6.45, 7) is 2.25. The molecule has 0 aromatic heterocycles. The van der Waals surface area contributed by atoms with Crippen LogP contribution in [-0.2, 0) is 0 Å². The average molecular weight is 276 g/mol. The number of halogens is 1. The fourth-order valence-corrected chi connectivity index (χ4v) is 4.17. The number of benzene rings is 1. The molecule has 3 heteroatoms. The molecule has 20 heavy (non-hydrogen) atoms. The van der Waals surface area contributed by atoms with E-state index in [9.17, 15) is 4.39 Å². The number of nitrogens with two attached hydrogens (primary N) is 1. The van der Waals surface area contributed by atoms with Gasteiger partial charge < -0.3 is 5.73 Å². The maximum Gasteiger partial charge on any atom is 0.128 e. The molecule has 0 amide bonds. The zero-order valence-electron chi connectivity index (χ0n) is 12.2. The largest absolute Gasteiger partial charge is 0.322 e. The number of nitrogens with zero attached hydrogens (tertiary/aromatic N) is 1. The van der Waals surface area contributed by atoms with Crippen LogP contribution in [0.2, 0.25) is 0 Å². The maximum absolute atomic E-state index is 14.1. The fraction of sp³-hybridized carbons (Fsp3) is 0.647. The van der Waals surface area contributed by atoms with Crippen molar-refractivity contribution < 1.29 is 4.39 Å². The first-order chi connectivity index (χ1) is 9.74. The van der Waals surface area contributed by atoms with Gasteiger partial charge in [-0.2, -0.15) is 0 Å². The van der Waals surface area contributed by atoms with Crippen molar-refractivity contribution in [3.63, 3.8) is 0 Å². The molecule has 0 spiro atoms. The summed E-state index contributed by atoms with van der Waals surface area (Å²) in [5.41, 5.74) is 7.27. The number of piperidine rings is 1. The highest BCUT2D eigenvalue weighted by molar-refractivity contribution is 5.25. The van der Waals surface area contributed by atoms with E-state index in [0.29, 0.717) is 5.56 Å². The van der Waals surface area contributed by atoms with Crippen molar-refractivity contribution in [2.45, 2.75) is 56.5 Å². The van der Waals surface area contributed by atoms with E-state index in [2.05, 4.69) is 4.90 Å². The molecule has 1 saturated carbocycles. The standard InChI is InChI=1S/C17H25FN2/c18-15-9-3-2-8-14(15)16(19)17(10-4-5-11-17)20-12-6-1-7-13-20/h2-3,8-9,16H,1,4-7,10-13,19H2. The summed E-state index contributed by atoms with van der Waals surface area (Å²) in [7, 11) is 0. The topological polar surface area (TPSA) is 29.3 Å². The first kappa shape index (κ1) is 14.0. The van der Waals surface area contributed by atoms with Crippen LogP contribution >= 0.6 is 0 Å². The van der Waals surface area contributed by atoms with Crippen molar-refractivity contribution in [2.75, 3.05) is 13.1 Å². The molecule has 110 valence electrons. The van der Waals surface area contributed by atoms with Crippen molar-refractivity contribution in [2.24, 2.45) is 5.73 Å². The minimum absolute atomic E-state index is 0.0113. The smallest absolute Gasteiger partial charge is 0.128 e. The summed E-state index contributed by atoms with van der Waals surface area (Å²) >= 11 is 0. The van der Waals surface area contributed by atoms with E-state index in [1.807, 2.05) is 12.1 Å². The van der Waals surface area contributed by atoms with E-state index < -0.39 is 0 Å². The Balaban J connectivity index is 1.91. The lowest BCUT2D eigenvalue weighted by Crippen LogP contribution is -2.55. The Morgan fingerprint density at radius 3 is 2.30 bits per heavy atom. The van der Waals surface area contributed by atoms with Crippen LogP contribution in [0.3, 0.4) is 0 Å². The van der Waals surface area contributed by atoms with Gasteiger partial charge in [0.05, 0.1) is 6.04 Å². The van der Waals surface area contributed by atoms with E-state index in [1.165, 1.54) is 38.2 Å². The van der Waals surface area contributed by atoms with E-state index in [0.717, 1.165) is 25.9 Å². The minimum atomic E-state index is -0.204. The molecule has 0 radical (unpaired) electrons. The lowest BCUT2D eigenvalue weighted by atomic mass is 9.81. The molecule has 1 aliphatic carbocycles. The number of hydrogen-bond acceptors (Lipinski definition) is 2. The van der Waals surface area contributed by atoms with Crippen molar-refractivity contribution >= 4 is 0 Å². The minimum Gasteiger partial charge on any atom is -0.322 e. The van der Waals surface area contributed by atoms with Gasteiger partial charge in [0.15, 0.2) is 0 Å². The molecule has 2 fully saturated rings. The molecular formula is C17H25FN2. The normalized spacial score (nSPS) is 24.7. The predicted molar refractivity (Wildman–Crippen MR) is 80.0 cm³/mol. The van der Waals surface area contributed by atoms with Crippen molar-refractivity contribution in [3.8, 4) is 0 Å². The van der Waals surface area contributed by atoms with Gasteiger partial charge >= 0.3 is 0 Å². The second-order valence-corrected chi connectivity index (χ2v) is 6.36. The summed E-state index contributed by atoms with van der Waals surface area (Å²) in [4.78, 5) is 2.57. The molecule has 2 N–H and O–H groups in total. The molecule has 1 unspecified atom stereocenters. The third kappa shape index (κ3) is 2.38. The summed E-state index contributed by atoms with van der Waals surface area (Å²) in [6, 6.07) is 6.84. The van der Waals surface area contributed by atoms with Crippen LogP contribution in [0.5, 0.6) is 0 Å². The summed E-state index contributed by atoms with van der Waals surface area (Å²) in [5.74, 6) is -0.150. The number of likely N-dealkylation sites (tertiary alicyclic amines) is 1.